The van der Waals surface area contributed by atoms with Gasteiger partial charge >= 0.3 is 17.9 Å². The number of hydrogen-bond acceptors (Lipinski definition) is 9. The van der Waals surface area contributed by atoms with Gasteiger partial charge in [0.05, 0.1) is 0 Å². The Morgan fingerprint density at radius 1 is 0.833 bits per heavy atom. The number of ketones is 2. The fraction of sp³-hybridized carbons (Fsp3) is 0.500. The maximum absolute atomic E-state index is 14.8. The van der Waals surface area contributed by atoms with Crippen LogP contribution in [0.4, 0.5) is 22.4 Å². The van der Waals surface area contributed by atoms with E-state index in [4.69, 9.17) is 9.53 Å². The minimum absolute atomic E-state index is 0.0117. The highest BCUT2D eigenvalue weighted by molar-refractivity contribution is 6.00. The topological polar surface area (TPSA) is 128 Å². The number of carbonyl (C=O) groups excluding carboxylic acids is 5. The summed E-state index contributed by atoms with van der Waals surface area (Å²) in [5, 5.41) is 3.22. The highest BCUT2D eigenvalue weighted by atomic mass is 19.3. The molecule has 1 N–H and O–H groups in total. The van der Waals surface area contributed by atoms with E-state index in [0.717, 1.165) is 44.1 Å². The Morgan fingerprint density at radius 2 is 1.29 bits per heavy atom. The van der Waals surface area contributed by atoms with Crippen molar-refractivity contribution < 1.29 is 55.7 Å². The van der Waals surface area contributed by atoms with Crippen LogP contribution in [0.1, 0.15) is 78.3 Å². The van der Waals surface area contributed by atoms with Crippen LogP contribution < -0.4 is 5.32 Å². The second-order valence-electron chi connectivity index (χ2n) is 12.0. The van der Waals surface area contributed by atoms with E-state index in [1.807, 2.05) is 27.6 Å². The summed E-state index contributed by atoms with van der Waals surface area (Å²) in [6.45, 7) is 10.8. The highest BCUT2D eigenvalue weighted by Gasteiger charge is 2.62. The van der Waals surface area contributed by atoms with E-state index in [9.17, 15) is 36.7 Å². The van der Waals surface area contributed by atoms with Crippen LogP contribution in [-0.4, -0.2) is 87.9 Å². The number of hydrogen-bond donors (Lipinski definition) is 1. The van der Waals surface area contributed by atoms with Crippen molar-refractivity contribution in [3.05, 3.63) is 58.7 Å². The Balaban J connectivity index is 0.000000343. The molecule has 10 nitrogen and oxygen atoms in total. The molecule has 2 heterocycles. The second-order valence-corrected chi connectivity index (χ2v) is 12.0. The molecule has 3 aliphatic rings. The lowest BCUT2D eigenvalue weighted by Gasteiger charge is -2.35. The van der Waals surface area contributed by atoms with Crippen LogP contribution in [-0.2, 0) is 35.6 Å². The number of likely N-dealkylation sites (tertiary alicyclic amines) is 1. The summed E-state index contributed by atoms with van der Waals surface area (Å²) >= 11 is 0. The molecule has 14 heteroatoms. The molecule has 1 amide bonds. The number of amides is 1. The van der Waals surface area contributed by atoms with Gasteiger partial charge in [0.15, 0.2) is 18.2 Å². The Labute approximate surface area is 277 Å². The van der Waals surface area contributed by atoms with Crippen molar-refractivity contribution in [2.45, 2.75) is 63.9 Å². The maximum atomic E-state index is 14.8. The summed E-state index contributed by atoms with van der Waals surface area (Å²) < 4.78 is 73.2. The summed E-state index contributed by atoms with van der Waals surface area (Å²) in [7, 11) is 1.24. The molecule has 2 aromatic rings. The van der Waals surface area contributed by atoms with Crippen LogP contribution >= 0.6 is 0 Å². The van der Waals surface area contributed by atoms with E-state index in [2.05, 4.69) is 14.8 Å². The third-order valence-electron chi connectivity index (χ3n) is 7.32. The zero-order valence-corrected chi connectivity index (χ0v) is 27.5. The number of methoxy groups -OCH3 is 1. The molecule has 1 aliphatic carbocycles. The predicted molar refractivity (Wildman–Crippen MR) is 168 cm³/mol. The number of fused-ring (bicyclic) bond motifs is 3. The van der Waals surface area contributed by atoms with Crippen molar-refractivity contribution in [3.8, 4) is 11.1 Å². The molecule has 0 saturated carbocycles. The van der Waals surface area contributed by atoms with Crippen molar-refractivity contribution in [2.75, 3.05) is 46.5 Å². The van der Waals surface area contributed by atoms with Crippen LogP contribution in [0.3, 0.4) is 0 Å². The van der Waals surface area contributed by atoms with Crippen LogP contribution in [0.2, 0.25) is 0 Å². The summed E-state index contributed by atoms with van der Waals surface area (Å²) in [5.74, 6) is -10.7. The molecule has 2 fully saturated rings. The fourth-order valence-electron chi connectivity index (χ4n) is 5.02. The number of halogens is 4. The van der Waals surface area contributed by atoms with Gasteiger partial charge in [0.25, 0.3) is 6.47 Å². The molecule has 0 aromatic heterocycles. The standard InChI is InChI=1S/C20H14F4O5.C9H17NO2.C4H9N.CH2O/c1-28-8-17(26)11-2-4-13-14-5-3-12(18(27)9-29-10-25)7-16(14)20(23,24)19(21,22)15(13)6-11;1-9(2,3)12-8(11)10-6-4-5-7-10;1-2-4-5-3-1;1-2/h2-7,10H,8-9H2,1H3;4-7H2,1-3H3;5H,1-4H2;1H2. The monoisotopic (exact) mass is 682 g/mol. The smallest absolute Gasteiger partial charge is 0.410 e. The van der Waals surface area contributed by atoms with Crippen molar-refractivity contribution in [3.63, 3.8) is 0 Å². The van der Waals surface area contributed by atoms with E-state index < -0.39 is 41.1 Å². The third kappa shape index (κ3) is 10.2. The van der Waals surface area contributed by atoms with Gasteiger partial charge in [-0.25, -0.2) is 4.79 Å². The van der Waals surface area contributed by atoms with Gasteiger partial charge in [0, 0.05) is 42.5 Å². The van der Waals surface area contributed by atoms with E-state index in [-0.39, 0.29) is 47.0 Å². The van der Waals surface area contributed by atoms with Crippen molar-refractivity contribution in [1.29, 1.82) is 0 Å². The zero-order chi connectivity index (χ0) is 36.1. The Bertz CT molecular complexity index is 1410. The van der Waals surface area contributed by atoms with E-state index in [1.165, 1.54) is 45.2 Å². The lowest BCUT2D eigenvalue weighted by molar-refractivity contribution is -0.225. The molecule has 0 unspecified atom stereocenters. The number of alkyl halides is 4. The summed E-state index contributed by atoms with van der Waals surface area (Å²) in [6, 6.07) is 6.14. The number of ether oxygens (including phenoxy) is 3. The lowest BCUT2D eigenvalue weighted by Crippen LogP contribution is -2.39. The maximum Gasteiger partial charge on any atom is 0.410 e. The van der Waals surface area contributed by atoms with Crippen molar-refractivity contribution >= 4 is 30.9 Å². The normalized spacial score (nSPS) is 16.6. The van der Waals surface area contributed by atoms with Crippen LogP contribution in [0.25, 0.3) is 11.1 Å². The average molecular weight is 683 g/mol. The first-order valence-corrected chi connectivity index (χ1v) is 15.3. The van der Waals surface area contributed by atoms with Gasteiger partial charge in [-0.2, -0.15) is 17.6 Å². The largest absolute Gasteiger partial charge is 0.459 e. The highest BCUT2D eigenvalue weighted by Crippen LogP contribution is 2.58. The van der Waals surface area contributed by atoms with Crippen LogP contribution in [0.5, 0.6) is 0 Å². The molecule has 2 aliphatic heterocycles. The quantitative estimate of drug-likeness (QED) is 0.215. The van der Waals surface area contributed by atoms with Gasteiger partial charge in [0.2, 0.25) is 0 Å². The van der Waals surface area contributed by atoms with Gasteiger partial charge in [-0.3, -0.25) is 14.4 Å². The lowest BCUT2D eigenvalue weighted by atomic mass is 9.79. The fourth-order valence-corrected chi connectivity index (χ4v) is 5.02. The average Bonchev–Trinajstić information content (AvgIpc) is 3.81. The number of nitrogens with zero attached hydrogens (tertiary/aromatic N) is 1. The molecule has 5 rings (SSSR count). The zero-order valence-electron chi connectivity index (χ0n) is 27.5. The Morgan fingerprint density at radius 3 is 1.67 bits per heavy atom. The van der Waals surface area contributed by atoms with Gasteiger partial charge in [0.1, 0.15) is 19.0 Å². The minimum atomic E-state index is -4.64. The molecule has 0 bridgehead atoms. The number of benzene rings is 2. The molecule has 2 saturated heterocycles. The van der Waals surface area contributed by atoms with E-state index in [1.54, 1.807) is 4.90 Å². The molecule has 0 spiro atoms. The summed E-state index contributed by atoms with van der Waals surface area (Å²) in [4.78, 5) is 55.2. The molecule has 264 valence electrons. The van der Waals surface area contributed by atoms with E-state index >= 15 is 0 Å². The number of nitrogens with one attached hydrogen (secondary N) is 1. The van der Waals surface area contributed by atoms with Crippen molar-refractivity contribution in [2.24, 2.45) is 0 Å². The van der Waals surface area contributed by atoms with Gasteiger partial charge in [-0.05, 0) is 82.8 Å². The second kappa shape index (κ2) is 17.8. The van der Waals surface area contributed by atoms with Crippen LogP contribution in [0.15, 0.2) is 36.4 Å². The Kier molecular flexibility index (Phi) is 14.9. The molecular formula is C34H42F4N2O8. The SMILES string of the molecule is C1CCNC1.C=O.CC(C)(C)OC(=O)N1CCCC1.COCC(=O)c1ccc2c(c1)C(F)(F)C(F)(F)c1cc(C(=O)COC=O)ccc1-2. The molecule has 0 atom stereocenters. The van der Waals surface area contributed by atoms with Gasteiger partial charge in [-0.15, -0.1) is 0 Å². The third-order valence-corrected chi connectivity index (χ3v) is 7.32. The molecule has 48 heavy (non-hydrogen) atoms. The Hall–Kier alpha value is -4.17. The molecule has 0 radical (unpaired) electrons. The molecular weight excluding hydrogens is 640 g/mol. The van der Waals surface area contributed by atoms with Gasteiger partial charge in [-0.1, -0.05) is 24.3 Å². The first-order valence-electron chi connectivity index (χ1n) is 15.3. The number of carbonyl (C=O) groups is 5. The number of rotatable bonds is 7. The minimum Gasteiger partial charge on any atom is -0.459 e. The first kappa shape index (κ1) is 40.0. The van der Waals surface area contributed by atoms with Crippen molar-refractivity contribution in [1.82, 2.24) is 10.2 Å². The predicted octanol–water partition coefficient (Wildman–Crippen LogP) is 5.94. The van der Waals surface area contributed by atoms with Gasteiger partial charge < -0.3 is 29.2 Å². The summed E-state index contributed by atoms with van der Waals surface area (Å²) in [6.07, 6.45) is 4.83. The number of Topliss-reactive ketones (excluding diaryl/α,β-unsaturated/α-hetero) is 2. The van der Waals surface area contributed by atoms with E-state index in [0.29, 0.717) is 6.07 Å². The molecule has 2 aromatic carbocycles. The van der Waals surface area contributed by atoms with Crippen LogP contribution in [0, 0.1) is 0 Å². The summed E-state index contributed by atoms with van der Waals surface area (Å²) in [5.41, 5.74) is -3.20. The first-order chi connectivity index (χ1) is 22.6.